The second-order valence-electron chi connectivity index (χ2n) is 5.19. The third-order valence-corrected chi connectivity index (χ3v) is 3.49. The molecule has 0 heterocycles. The minimum absolute atomic E-state index is 0.00596. The van der Waals surface area contributed by atoms with Gasteiger partial charge in [0.1, 0.15) is 0 Å². The molecule has 1 rings (SSSR count). The number of nitrogens with two attached hydrogens (primary N) is 1. The second kappa shape index (κ2) is 6.97. The van der Waals surface area contributed by atoms with E-state index in [0.29, 0.717) is 17.9 Å². The van der Waals surface area contributed by atoms with Gasteiger partial charge in [0.15, 0.2) is 0 Å². The quantitative estimate of drug-likeness (QED) is 0.779. The van der Waals surface area contributed by atoms with Gasteiger partial charge in [-0.25, -0.2) is 4.79 Å². The number of anilines is 2. The van der Waals surface area contributed by atoms with Crippen LogP contribution in [0.15, 0.2) is 18.2 Å². The van der Waals surface area contributed by atoms with Crippen LogP contribution >= 0.6 is 0 Å². The lowest BCUT2D eigenvalue weighted by Gasteiger charge is -2.28. The maximum Gasteiger partial charge on any atom is 0.335 e. The zero-order chi connectivity index (χ0) is 16.2. The highest BCUT2D eigenvalue weighted by Gasteiger charge is 2.18. The molecule has 0 spiro atoms. The first-order valence-electron chi connectivity index (χ1n) is 6.91. The number of nitrogen functional groups attached to an aromatic ring is 1. The molecule has 0 aliphatic carbocycles. The van der Waals surface area contributed by atoms with E-state index in [-0.39, 0.29) is 24.1 Å². The van der Waals surface area contributed by atoms with E-state index >= 15 is 0 Å². The van der Waals surface area contributed by atoms with Crippen LogP contribution in [-0.2, 0) is 4.79 Å². The molecule has 3 N–H and O–H groups in total. The molecule has 6 heteroatoms. The van der Waals surface area contributed by atoms with Crippen molar-refractivity contribution in [2.24, 2.45) is 0 Å². The van der Waals surface area contributed by atoms with Gasteiger partial charge in [-0.1, -0.05) is 0 Å². The summed E-state index contributed by atoms with van der Waals surface area (Å²) in [6.45, 7) is 6.64. The van der Waals surface area contributed by atoms with Crippen molar-refractivity contribution in [2.75, 3.05) is 30.8 Å². The van der Waals surface area contributed by atoms with Crippen molar-refractivity contribution in [3.8, 4) is 0 Å². The number of carbonyl (C=O) groups is 2. The average Bonchev–Trinajstić information content (AvgIpc) is 2.43. The molecule has 21 heavy (non-hydrogen) atoms. The summed E-state index contributed by atoms with van der Waals surface area (Å²) in [4.78, 5) is 26.6. The monoisotopic (exact) mass is 293 g/mol. The van der Waals surface area contributed by atoms with Gasteiger partial charge in [0.25, 0.3) is 0 Å². The van der Waals surface area contributed by atoms with Crippen LogP contribution in [0.4, 0.5) is 11.4 Å². The molecule has 1 aromatic carbocycles. The highest BCUT2D eigenvalue weighted by Crippen LogP contribution is 2.24. The standard InChI is InChI=1S/C15H23N3O3/c1-5-18(9-14(19)17(4)10(2)3)13-7-6-11(15(20)21)8-12(13)16/h6-8,10H,5,9,16H2,1-4H3,(H,20,21). The van der Waals surface area contributed by atoms with Crippen LogP contribution in [0.1, 0.15) is 31.1 Å². The number of carbonyl (C=O) groups excluding carboxylic acids is 1. The van der Waals surface area contributed by atoms with Crippen molar-refractivity contribution in [1.82, 2.24) is 4.90 Å². The summed E-state index contributed by atoms with van der Waals surface area (Å²) < 4.78 is 0. The van der Waals surface area contributed by atoms with Gasteiger partial charge in [0, 0.05) is 19.6 Å². The molecule has 116 valence electrons. The van der Waals surface area contributed by atoms with Gasteiger partial charge >= 0.3 is 5.97 Å². The number of benzene rings is 1. The van der Waals surface area contributed by atoms with Crippen molar-refractivity contribution in [3.63, 3.8) is 0 Å². The third-order valence-electron chi connectivity index (χ3n) is 3.49. The molecular weight excluding hydrogens is 270 g/mol. The van der Waals surface area contributed by atoms with Gasteiger partial charge in [-0.05, 0) is 39.0 Å². The average molecular weight is 293 g/mol. The molecule has 0 radical (unpaired) electrons. The summed E-state index contributed by atoms with van der Waals surface area (Å²) in [7, 11) is 1.76. The second-order valence-corrected chi connectivity index (χ2v) is 5.19. The number of hydrogen-bond acceptors (Lipinski definition) is 4. The third kappa shape index (κ3) is 4.11. The van der Waals surface area contributed by atoms with Crippen molar-refractivity contribution >= 4 is 23.3 Å². The van der Waals surface area contributed by atoms with E-state index in [1.807, 2.05) is 25.7 Å². The van der Waals surface area contributed by atoms with Crippen LogP contribution in [0.5, 0.6) is 0 Å². The lowest BCUT2D eigenvalue weighted by Crippen LogP contribution is -2.41. The first-order chi connectivity index (χ1) is 9.77. The Kier molecular flexibility index (Phi) is 5.58. The summed E-state index contributed by atoms with van der Waals surface area (Å²) in [5, 5.41) is 8.95. The molecule has 0 aliphatic heterocycles. The molecule has 0 fully saturated rings. The fraction of sp³-hybridized carbons (Fsp3) is 0.467. The van der Waals surface area contributed by atoms with E-state index in [2.05, 4.69) is 0 Å². The molecular formula is C15H23N3O3. The molecule has 0 saturated heterocycles. The van der Waals surface area contributed by atoms with Gasteiger partial charge in [0.2, 0.25) is 5.91 Å². The topological polar surface area (TPSA) is 86.9 Å². The lowest BCUT2D eigenvalue weighted by molar-refractivity contribution is -0.129. The predicted octanol–water partition coefficient (Wildman–Crippen LogP) is 1.66. The first kappa shape index (κ1) is 16.8. The number of amides is 1. The zero-order valence-electron chi connectivity index (χ0n) is 13.0. The number of rotatable bonds is 6. The fourth-order valence-electron chi connectivity index (χ4n) is 1.91. The Morgan fingerprint density at radius 3 is 2.38 bits per heavy atom. The Bertz CT molecular complexity index is 529. The van der Waals surface area contributed by atoms with Crippen molar-refractivity contribution in [1.29, 1.82) is 0 Å². The van der Waals surface area contributed by atoms with Crippen LogP contribution in [-0.4, -0.2) is 48.1 Å². The normalized spacial score (nSPS) is 10.5. The van der Waals surface area contributed by atoms with Gasteiger partial charge in [0.05, 0.1) is 23.5 Å². The van der Waals surface area contributed by atoms with E-state index in [4.69, 9.17) is 10.8 Å². The maximum atomic E-state index is 12.2. The zero-order valence-corrected chi connectivity index (χ0v) is 13.0. The minimum Gasteiger partial charge on any atom is -0.478 e. The number of nitrogens with zero attached hydrogens (tertiary/aromatic N) is 2. The lowest BCUT2D eigenvalue weighted by atomic mass is 10.1. The number of hydrogen-bond donors (Lipinski definition) is 2. The summed E-state index contributed by atoms with van der Waals surface area (Å²) >= 11 is 0. The maximum absolute atomic E-state index is 12.2. The van der Waals surface area contributed by atoms with Crippen molar-refractivity contribution in [2.45, 2.75) is 26.8 Å². The molecule has 0 atom stereocenters. The van der Waals surface area contributed by atoms with Crippen molar-refractivity contribution in [3.05, 3.63) is 23.8 Å². The minimum atomic E-state index is -1.02. The van der Waals surface area contributed by atoms with Gasteiger partial charge in [-0.2, -0.15) is 0 Å². The smallest absolute Gasteiger partial charge is 0.335 e. The molecule has 0 aliphatic rings. The predicted molar refractivity (Wildman–Crippen MR) is 83.6 cm³/mol. The number of aromatic carboxylic acids is 1. The SMILES string of the molecule is CCN(CC(=O)N(C)C(C)C)c1ccc(C(=O)O)cc1N. The Morgan fingerprint density at radius 2 is 1.95 bits per heavy atom. The van der Waals surface area contributed by atoms with Crippen LogP contribution in [0.2, 0.25) is 0 Å². The summed E-state index contributed by atoms with van der Waals surface area (Å²) in [6.07, 6.45) is 0. The summed E-state index contributed by atoms with van der Waals surface area (Å²) in [6, 6.07) is 4.68. The van der Waals surface area contributed by atoms with Crippen LogP contribution in [0.3, 0.4) is 0 Å². The van der Waals surface area contributed by atoms with Crippen LogP contribution in [0.25, 0.3) is 0 Å². The molecule has 0 bridgehead atoms. The highest BCUT2D eigenvalue weighted by atomic mass is 16.4. The Morgan fingerprint density at radius 1 is 1.33 bits per heavy atom. The Balaban J connectivity index is 2.95. The molecule has 1 amide bonds. The first-order valence-corrected chi connectivity index (χ1v) is 6.91. The van der Waals surface area contributed by atoms with E-state index in [0.717, 1.165) is 0 Å². The highest BCUT2D eigenvalue weighted by molar-refractivity contribution is 5.91. The van der Waals surface area contributed by atoms with E-state index in [1.165, 1.54) is 12.1 Å². The Labute approximate surface area is 125 Å². The summed E-state index contributed by atoms with van der Waals surface area (Å²) in [5.41, 5.74) is 7.09. The number of carboxylic acids is 1. The van der Waals surface area contributed by atoms with E-state index in [1.54, 1.807) is 18.0 Å². The Hall–Kier alpha value is -2.24. The molecule has 6 nitrogen and oxygen atoms in total. The molecule has 0 unspecified atom stereocenters. The van der Waals surface area contributed by atoms with Gasteiger partial charge in [-0.3, -0.25) is 4.79 Å². The summed E-state index contributed by atoms with van der Waals surface area (Å²) in [5.74, 6) is -1.03. The van der Waals surface area contributed by atoms with Crippen molar-refractivity contribution < 1.29 is 14.7 Å². The largest absolute Gasteiger partial charge is 0.478 e. The molecule has 0 aromatic heterocycles. The van der Waals surface area contributed by atoms with E-state index in [9.17, 15) is 9.59 Å². The van der Waals surface area contributed by atoms with Crippen LogP contribution < -0.4 is 10.6 Å². The number of carboxylic acid groups (broad SMARTS) is 1. The van der Waals surface area contributed by atoms with Gasteiger partial charge < -0.3 is 20.6 Å². The van der Waals surface area contributed by atoms with Crippen LogP contribution in [0, 0.1) is 0 Å². The molecule has 0 saturated carbocycles. The van der Waals surface area contributed by atoms with E-state index < -0.39 is 5.97 Å². The fourth-order valence-corrected chi connectivity index (χ4v) is 1.91. The van der Waals surface area contributed by atoms with Gasteiger partial charge in [-0.15, -0.1) is 0 Å². The molecule has 1 aromatic rings. The number of likely N-dealkylation sites (N-methyl/N-ethyl adjacent to an activating group) is 2.